The number of hydrogen-bond acceptors (Lipinski definition) is 2. The van der Waals surface area contributed by atoms with Crippen molar-refractivity contribution in [2.75, 3.05) is 0 Å². The molecule has 108 valence electrons. The third kappa shape index (κ3) is 2.92. The molecular formula is C15H11ClFNO2S. The average molecular weight is 324 g/mol. The molecule has 1 unspecified atom stereocenters. The van der Waals surface area contributed by atoms with Gasteiger partial charge in [-0.05, 0) is 31.2 Å². The Morgan fingerprint density at radius 2 is 1.81 bits per heavy atom. The van der Waals surface area contributed by atoms with Gasteiger partial charge in [-0.2, -0.15) is 0 Å². The minimum atomic E-state index is -4.01. The summed E-state index contributed by atoms with van der Waals surface area (Å²) in [5.41, 5.74) is 0.653. The number of nitrogens with zero attached hydrogens (tertiary/aromatic N) is 1. The molecule has 2 aromatic carbocycles. The number of benzene rings is 2. The molecule has 0 bridgehead atoms. The smallest absolute Gasteiger partial charge is 0.291 e. The Kier molecular flexibility index (Phi) is 4.31. The molecule has 0 spiro atoms. The van der Waals surface area contributed by atoms with E-state index in [1.54, 1.807) is 12.1 Å². The van der Waals surface area contributed by atoms with Gasteiger partial charge in [-0.1, -0.05) is 35.4 Å². The highest BCUT2D eigenvalue weighted by molar-refractivity contribution is 7.91. The topological polar surface area (TPSA) is 38.5 Å². The zero-order valence-electron chi connectivity index (χ0n) is 11.0. The summed E-state index contributed by atoms with van der Waals surface area (Å²) < 4.78 is 39.0. The van der Waals surface area contributed by atoms with Gasteiger partial charge in [0.05, 0.1) is 15.5 Å². The van der Waals surface area contributed by atoms with Gasteiger partial charge in [-0.25, -0.2) is 19.4 Å². The molecule has 0 aliphatic rings. The SMILES string of the molecule is [C-]#[N+]C(c1cccc(Cl)c1F)S(=O)(=O)c1ccc(C)cc1. The van der Waals surface area contributed by atoms with Crippen LogP contribution in [-0.4, -0.2) is 8.42 Å². The molecule has 0 N–H and O–H groups in total. The summed E-state index contributed by atoms with van der Waals surface area (Å²) in [6, 6.07) is 10.1. The number of aryl methyl sites for hydroxylation is 1. The first kappa shape index (κ1) is 15.5. The first-order chi connectivity index (χ1) is 9.87. The molecule has 1 atom stereocenters. The molecule has 0 radical (unpaired) electrons. The van der Waals surface area contributed by atoms with E-state index in [-0.39, 0.29) is 15.5 Å². The Hall–Kier alpha value is -1.90. The summed E-state index contributed by atoms with van der Waals surface area (Å²) in [5.74, 6) is -0.879. The number of hydrogen-bond donors (Lipinski definition) is 0. The molecule has 0 aromatic heterocycles. The lowest BCUT2D eigenvalue weighted by Gasteiger charge is -2.09. The van der Waals surface area contributed by atoms with E-state index in [2.05, 4.69) is 4.85 Å². The molecule has 0 fully saturated rings. The van der Waals surface area contributed by atoms with Gasteiger partial charge in [0.15, 0.2) is 5.82 Å². The maximum absolute atomic E-state index is 14.0. The second-order valence-corrected chi connectivity index (χ2v) is 6.90. The van der Waals surface area contributed by atoms with Crippen LogP contribution in [0, 0.1) is 19.3 Å². The van der Waals surface area contributed by atoms with Crippen LogP contribution in [-0.2, 0) is 9.84 Å². The fourth-order valence-electron chi connectivity index (χ4n) is 1.87. The summed E-state index contributed by atoms with van der Waals surface area (Å²) >= 11 is 5.66. The normalized spacial score (nSPS) is 12.7. The molecule has 2 aromatic rings. The van der Waals surface area contributed by atoms with Crippen LogP contribution in [0.4, 0.5) is 4.39 Å². The largest absolute Gasteiger partial charge is 0.353 e. The van der Waals surface area contributed by atoms with Crippen molar-refractivity contribution >= 4 is 21.4 Å². The summed E-state index contributed by atoms with van der Waals surface area (Å²) in [7, 11) is -4.01. The van der Waals surface area contributed by atoms with Crippen molar-refractivity contribution in [3.8, 4) is 0 Å². The number of sulfone groups is 1. The molecule has 2 rings (SSSR count). The van der Waals surface area contributed by atoms with Crippen LogP contribution in [0.25, 0.3) is 4.85 Å². The van der Waals surface area contributed by atoms with E-state index in [9.17, 15) is 12.8 Å². The summed E-state index contributed by atoms with van der Waals surface area (Å²) in [6.45, 7) is 8.97. The van der Waals surface area contributed by atoms with Gasteiger partial charge >= 0.3 is 5.37 Å². The predicted octanol–water partition coefficient (Wildman–Crippen LogP) is 4.18. The van der Waals surface area contributed by atoms with E-state index >= 15 is 0 Å². The second kappa shape index (κ2) is 5.84. The molecule has 0 saturated heterocycles. The Morgan fingerprint density at radius 3 is 2.38 bits per heavy atom. The second-order valence-electron chi connectivity index (χ2n) is 4.48. The van der Waals surface area contributed by atoms with Gasteiger partial charge < -0.3 is 0 Å². The lowest BCUT2D eigenvalue weighted by molar-refractivity contribution is 0.579. The summed E-state index contributed by atoms with van der Waals surface area (Å²) in [4.78, 5) is 3.07. The van der Waals surface area contributed by atoms with E-state index in [1.165, 1.54) is 30.3 Å². The highest BCUT2D eigenvalue weighted by Gasteiger charge is 2.37. The highest BCUT2D eigenvalue weighted by Crippen LogP contribution is 2.33. The predicted molar refractivity (Wildman–Crippen MR) is 79.1 cm³/mol. The molecule has 0 heterocycles. The van der Waals surface area contributed by atoms with Gasteiger partial charge in [0.2, 0.25) is 0 Å². The van der Waals surface area contributed by atoms with E-state index in [0.29, 0.717) is 0 Å². The zero-order chi connectivity index (χ0) is 15.6. The van der Waals surface area contributed by atoms with E-state index in [4.69, 9.17) is 18.2 Å². The Labute approximate surface area is 127 Å². The first-order valence-electron chi connectivity index (χ1n) is 5.99. The molecule has 0 saturated carbocycles. The van der Waals surface area contributed by atoms with Crippen LogP contribution >= 0.6 is 11.6 Å². The Morgan fingerprint density at radius 1 is 1.19 bits per heavy atom. The van der Waals surface area contributed by atoms with Crippen molar-refractivity contribution in [3.63, 3.8) is 0 Å². The van der Waals surface area contributed by atoms with Gasteiger partial charge in [0.25, 0.3) is 9.84 Å². The molecular weight excluding hydrogens is 313 g/mol. The van der Waals surface area contributed by atoms with Crippen molar-refractivity contribution in [1.29, 1.82) is 0 Å². The molecule has 3 nitrogen and oxygen atoms in total. The van der Waals surface area contributed by atoms with Crippen molar-refractivity contribution in [2.45, 2.75) is 17.2 Å². The van der Waals surface area contributed by atoms with Crippen LogP contribution in [0.2, 0.25) is 5.02 Å². The molecule has 21 heavy (non-hydrogen) atoms. The quantitative estimate of drug-likeness (QED) is 0.795. The minimum absolute atomic E-state index is 0.0199. The van der Waals surface area contributed by atoms with Crippen molar-refractivity contribution in [3.05, 3.63) is 75.8 Å². The molecule has 0 aliphatic heterocycles. The first-order valence-corrected chi connectivity index (χ1v) is 7.91. The Balaban J connectivity index is 2.58. The van der Waals surface area contributed by atoms with E-state index in [0.717, 1.165) is 5.56 Å². The fourth-order valence-corrected chi connectivity index (χ4v) is 3.48. The molecule has 0 amide bonds. The highest BCUT2D eigenvalue weighted by atomic mass is 35.5. The van der Waals surface area contributed by atoms with Crippen LogP contribution in [0.5, 0.6) is 0 Å². The van der Waals surface area contributed by atoms with E-state index < -0.39 is 21.0 Å². The third-order valence-electron chi connectivity index (χ3n) is 3.01. The minimum Gasteiger partial charge on any atom is -0.291 e. The van der Waals surface area contributed by atoms with Crippen molar-refractivity contribution in [1.82, 2.24) is 0 Å². The number of rotatable bonds is 3. The molecule has 6 heteroatoms. The molecule has 0 aliphatic carbocycles. The standard InChI is InChI=1S/C15H11ClFNO2S/c1-10-6-8-11(9-7-10)21(19,20)15(18-2)12-4-3-5-13(16)14(12)17/h3-9,15H,1H3. The fraction of sp³-hybridized carbons (Fsp3) is 0.133. The number of halogens is 2. The van der Waals surface area contributed by atoms with Crippen molar-refractivity contribution in [2.24, 2.45) is 0 Å². The maximum atomic E-state index is 14.0. The monoisotopic (exact) mass is 323 g/mol. The Bertz CT molecular complexity index is 811. The zero-order valence-corrected chi connectivity index (χ0v) is 12.6. The van der Waals surface area contributed by atoms with Gasteiger partial charge in [0.1, 0.15) is 0 Å². The van der Waals surface area contributed by atoms with Gasteiger partial charge in [-0.15, -0.1) is 0 Å². The van der Waals surface area contributed by atoms with Crippen LogP contribution in [0.1, 0.15) is 16.5 Å². The third-order valence-corrected chi connectivity index (χ3v) is 5.18. The lowest BCUT2D eigenvalue weighted by Crippen LogP contribution is -2.12. The van der Waals surface area contributed by atoms with Gasteiger partial charge in [-0.3, -0.25) is 4.85 Å². The maximum Gasteiger partial charge on any atom is 0.353 e. The van der Waals surface area contributed by atoms with Crippen molar-refractivity contribution < 1.29 is 12.8 Å². The van der Waals surface area contributed by atoms with E-state index in [1.807, 2.05) is 6.92 Å². The van der Waals surface area contributed by atoms with Crippen LogP contribution < -0.4 is 0 Å². The lowest BCUT2D eigenvalue weighted by atomic mass is 10.2. The van der Waals surface area contributed by atoms with Gasteiger partial charge in [0, 0.05) is 0 Å². The summed E-state index contributed by atoms with van der Waals surface area (Å²) in [5, 5.41) is -1.86. The van der Waals surface area contributed by atoms with Crippen LogP contribution in [0.15, 0.2) is 47.4 Å². The average Bonchev–Trinajstić information content (AvgIpc) is 2.44. The van der Waals surface area contributed by atoms with Crippen LogP contribution in [0.3, 0.4) is 0 Å². The summed E-state index contributed by atoms with van der Waals surface area (Å²) in [6.07, 6.45) is 0.